The molecule has 0 spiro atoms. The highest BCUT2D eigenvalue weighted by Crippen LogP contribution is 2.31. The van der Waals surface area contributed by atoms with Gasteiger partial charge in [-0.15, -0.1) is 0 Å². The highest BCUT2D eigenvalue weighted by Gasteiger charge is 2.25. The van der Waals surface area contributed by atoms with Gasteiger partial charge >= 0.3 is 0 Å². The molecule has 0 saturated heterocycles. The summed E-state index contributed by atoms with van der Waals surface area (Å²) in [5, 5.41) is 2.53. The van der Waals surface area contributed by atoms with Crippen molar-refractivity contribution in [3.8, 4) is 5.75 Å². The van der Waals surface area contributed by atoms with E-state index in [2.05, 4.69) is 5.32 Å². The average molecular weight is 309 g/mol. The zero-order chi connectivity index (χ0) is 16.3. The summed E-state index contributed by atoms with van der Waals surface area (Å²) in [5.74, 6) is -0.771. The zero-order valence-corrected chi connectivity index (χ0v) is 12.6. The Labute approximate surface area is 128 Å². The molecule has 1 atom stereocenters. The van der Waals surface area contributed by atoms with Crippen LogP contribution in [-0.4, -0.2) is 37.6 Å². The van der Waals surface area contributed by atoms with Gasteiger partial charge in [0, 0.05) is 6.07 Å². The largest absolute Gasteiger partial charge is 0.489 e. The first-order valence-electron chi connectivity index (χ1n) is 7.16. The van der Waals surface area contributed by atoms with Gasteiger partial charge in [0.15, 0.2) is 0 Å². The Kier molecular flexibility index (Phi) is 4.97. The average Bonchev–Trinajstić information content (AvgIpc) is 2.50. The van der Waals surface area contributed by atoms with Crippen LogP contribution >= 0.6 is 0 Å². The summed E-state index contributed by atoms with van der Waals surface area (Å²) in [6, 6.07) is 3.34. The predicted octanol–water partition coefficient (Wildman–Crippen LogP) is 0.651. The molecule has 1 aliphatic rings. The second-order valence-electron chi connectivity index (χ2n) is 5.49. The standard InChI is InChI=1S/C15H20FN3O3/c1-9(2)14(17)15(21)18-8-13(20)19-5-6-22-12-7-10(16)3-4-11(12)19/h3-4,7,9,14H,5-6,8,17H2,1-2H3,(H,18,21)/t14-/m0/s1. The fourth-order valence-electron chi connectivity index (χ4n) is 2.13. The molecule has 0 aromatic heterocycles. The van der Waals surface area contributed by atoms with E-state index in [0.717, 1.165) is 0 Å². The van der Waals surface area contributed by atoms with E-state index in [9.17, 15) is 14.0 Å². The van der Waals surface area contributed by atoms with Gasteiger partial charge in [0.2, 0.25) is 11.8 Å². The lowest BCUT2D eigenvalue weighted by Crippen LogP contribution is -2.49. The van der Waals surface area contributed by atoms with Crippen molar-refractivity contribution in [2.45, 2.75) is 19.9 Å². The summed E-state index contributed by atoms with van der Waals surface area (Å²) in [4.78, 5) is 25.5. The van der Waals surface area contributed by atoms with Crippen LogP contribution < -0.4 is 20.7 Å². The van der Waals surface area contributed by atoms with E-state index in [0.29, 0.717) is 18.0 Å². The molecule has 22 heavy (non-hydrogen) atoms. The van der Waals surface area contributed by atoms with E-state index in [4.69, 9.17) is 10.5 Å². The Hall–Kier alpha value is -2.15. The number of benzene rings is 1. The van der Waals surface area contributed by atoms with Crippen LogP contribution in [0.1, 0.15) is 13.8 Å². The Balaban J connectivity index is 2.01. The molecule has 0 aliphatic carbocycles. The summed E-state index contributed by atoms with van der Waals surface area (Å²) in [6.45, 7) is 4.14. The smallest absolute Gasteiger partial charge is 0.246 e. The van der Waals surface area contributed by atoms with Gasteiger partial charge in [-0.2, -0.15) is 0 Å². The molecule has 120 valence electrons. The monoisotopic (exact) mass is 309 g/mol. The van der Waals surface area contributed by atoms with Gasteiger partial charge in [-0.05, 0) is 18.1 Å². The van der Waals surface area contributed by atoms with E-state index in [1.54, 1.807) is 0 Å². The van der Waals surface area contributed by atoms with Gasteiger partial charge in [-0.3, -0.25) is 9.59 Å². The molecular formula is C15H20FN3O3. The molecule has 0 bridgehead atoms. The van der Waals surface area contributed by atoms with Crippen molar-refractivity contribution in [3.63, 3.8) is 0 Å². The fourth-order valence-corrected chi connectivity index (χ4v) is 2.13. The fraction of sp³-hybridized carbons (Fsp3) is 0.467. The van der Waals surface area contributed by atoms with E-state index in [1.807, 2.05) is 13.8 Å². The number of nitrogens with zero attached hydrogens (tertiary/aromatic N) is 1. The number of fused-ring (bicyclic) bond motifs is 1. The number of halogens is 1. The molecule has 0 saturated carbocycles. The lowest BCUT2D eigenvalue weighted by atomic mass is 10.1. The lowest BCUT2D eigenvalue weighted by molar-refractivity contribution is -0.126. The van der Waals surface area contributed by atoms with Crippen LogP contribution in [0.15, 0.2) is 18.2 Å². The predicted molar refractivity (Wildman–Crippen MR) is 80.1 cm³/mol. The summed E-state index contributed by atoms with van der Waals surface area (Å²) in [5.41, 5.74) is 6.22. The van der Waals surface area contributed by atoms with Gasteiger partial charge in [-0.25, -0.2) is 4.39 Å². The number of carbonyl (C=O) groups excluding carboxylic acids is 2. The third-order valence-electron chi connectivity index (χ3n) is 3.52. The Morgan fingerprint density at radius 2 is 2.18 bits per heavy atom. The SMILES string of the molecule is CC(C)[C@H](N)C(=O)NCC(=O)N1CCOc2cc(F)ccc21. The highest BCUT2D eigenvalue weighted by atomic mass is 19.1. The van der Waals surface area contributed by atoms with Crippen molar-refractivity contribution in [2.24, 2.45) is 11.7 Å². The summed E-state index contributed by atoms with van der Waals surface area (Å²) >= 11 is 0. The molecule has 0 fully saturated rings. The number of ether oxygens (including phenoxy) is 1. The topological polar surface area (TPSA) is 84.7 Å². The van der Waals surface area contributed by atoms with Gasteiger partial charge < -0.3 is 20.7 Å². The van der Waals surface area contributed by atoms with Crippen molar-refractivity contribution in [2.75, 3.05) is 24.6 Å². The molecule has 3 N–H and O–H groups in total. The third-order valence-corrected chi connectivity index (χ3v) is 3.52. The van der Waals surface area contributed by atoms with E-state index in [-0.39, 0.29) is 30.9 Å². The Morgan fingerprint density at radius 3 is 2.86 bits per heavy atom. The van der Waals surface area contributed by atoms with Crippen LogP contribution in [0.2, 0.25) is 0 Å². The molecule has 0 radical (unpaired) electrons. The minimum atomic E-state index is -0.654. The molecule has 7 heteroatoms. The van der Waals surface area contributed by atoms with E-state index >= 15 is 0 Å². The van der Waals surface area contributed by atoms with Gasteiger partial charge in [0.25, 0.3) is 0 Å². The van der Waals surface area contributed by atoms with Crippen LogP contribution in [0, 0.1) is 11.7 Å². The van der Waals surface area contributed by atoms with E-state index < -0.39 is 11.9 Å². The summed E-state index contributed by atoms with van der Waals surface area (Å²) < 4.78 is 18.5. The molecular weight excluding hydrogens is 289 g/mol. The first kappa shape index (κ1) is 16.2. The van der Waals surface area contributed by atoms with Crippen molar-refractivity contribution in [1.29, 1.82) is 0 Å². The number of hydrogen-bond donors (Lipinski definition) is 2. The minimum absolute atomic E-state index is 0.0119. The number of amides is 2. The normalized spacial score (nSPS) is 15.0. The second-order valence-corrected chi connectivity index (χ2v) is 5.49. The second kappa shape index (κ2) is 6.74. The molecule has 1 heterocycles. The first-order chi connectivity index (χ1) is 10.4. The maximum absolute atomic E-state index is 13.2. The van der Waals surface area contributed by atoms with Crippen LogP contribution in [0.25, 0.3) is 0 Å². The summed E-state index contributed by atoms with van der Waals surface area (Å²) in [7, 11) is 0. The first-order valence-corrected chi connectivity index (χ1v) is 7.16. The van der Waals surface area contributed by atoms with Crippen molar-refractivity contribution < 1.29 is 18.7 Å². The van der Waals surface area contributed by atoms with Crippen LogP contribution in [0.3, 0.4) is 0 Å². The number of nitrogens with one attached hydrogen (secondary N) is 1. The zero-order valence-electron chi connectivity index (χ0n) is 12.6. The van der Waals surface area contributed by atoms with Crippen LogP contribution in [-0.2, 0) is 9.59 Å². The number of rotatable bonds is 4. The number of anilines is 1. The Morgan fingerprint density at radius 1 is 1.45 bits per heavy atom. The maximum atomic E-state index is 13.2. The molecule has 1 aliphatic heterocycles. The van der Waals surface area contributed by atoms with Gasteiger partial charge in [0.05, 0.1) is 24.8 Å². The quantitative estimate of drug-likeness (QED) is 0.855. The molecule has 0 unspecified atom stereocenters. The number of nitrogens with two attached hydrogens (primary N) is 1. The number of hydrogen-bond acceptors (Lipinski definition) is 4. The van der Waals surface area contributed by atoms with Gasteiger partial charge in [0.1, 0.15) is 18.2 Å². The van der Waals surface area contributed by atoms with E-state index in [1.165, 1.54) is 23.1 Å². The van der Waals surface area contributed by atoms with Crippen molar-refractivity contribution in [1.82, 2.24) is 5.32 Å². The molecule has 6 nitrogen and oxygen atoms in total. The number of carbonyl (C=O) groups is 2. The van der Waals surface area contributed by atoms with Gasteiger partial charge in [-0.1, -0.05) is 13.8 Å². The maximum Gasteiger partial charge on any atom is 0.246 e. The minimum Gasteiger partial charge on any atom is -0.489 e. The molecule has 1 aromatic carbocycles. The van der Waals surface area contributed by atoms with Crippen molar-refractivity contribution in [3.05, 3.63) is 24.0 Å². The van der Waals surface area contributed by atoms with Crippen LogP contribution in [0.5, 0.6) is 5.75 Å². The molecule has 2 amide bonds. The molecule has 1 aromatic rings. The Bertz CT molecular complexity index is 577. The lowest BCUT2D eigenvalue weighted by Gasteiger charge is -2.29. The van der Waals surface area contributed by atoms with Crippen molar-refractivity contribution >= 4 is 17.5 Å². The molecule has 2 rings (SSSR count). The highest BCUT2D eigenvalue weighted by molar-refractivity contribution is 5.98. The third kappa shape index (κ3) is 3.54. The summed E-state index contributed by atoms with van der Waals surface area (Å²) in [6.07, 6.45) is 0. The van der Waals surface area contributed by atoms with Crippen LogP contribution in [0.4, 0.5) is 10.1 Å².